The molecule has 0 saturated carbocycles. The smallest absolute Gasteiger partial charge is 0.242 e. The van der Waals surface area contributed by atoms with Crippen molar-refractivity contribution in [3.05, 3.63) is 66.4 Å². The van der Waals surface area contributed by atoms with Gasteiger partial charge in [-0.05, 0) is 18.1 Å². The Hall–Kier alpha value is -2.70. The highest BCUT2D eigenvalue weighted by atomic mass is 16.5. The van der Waals surface area contributed by atoms with Gasteiger partial charge in [-0.2, -0.15) is 5.10 Å². The molecule has 6 nitrogen and oxygen atoms in total. The Balaban J connectivity index is 1.36. The van der Waals surface area contributed by atoms with Gasteiger partial charge in [0, 0.05) is 12.0 Å². The number of carbonyl (C=O) groups excluding carboxylic acids is 1. The number of aromatic nitrogens is 2. The Kier molecular flexibility index (Phi) is 5.46. The lowest BCUT2D eigenvalue weighted by molar-refractivity contribution is -0.127. The van der Waals surface area contributed by atoms with Gasteiger partial charge in [0.05, 0.1) is 37.1 Å². The van der Waals surface area contributed by atoms with E-state index in [9.17, 15) is 4.79 Å². The van der Waals surface area contributed by atoms with Gasteiger partial charge in [-0.25, -0.2) is 0 Å². The molecule has 0 bridgehead atoms. The van der Waals surface area contributed by atoms with Crippen LogP contribution in [0, 0.1) is 0 Å². The maximum atomic E-state index is 12.6. The second-order valence-corrected chi connectivity index (χ2v) is 6.73. The highest BCUT2D eigenvalue weighted by Gasteiger charge is 2.28. The molecule has 1 aliphatic rings. The second-order valence-electron chi connectivity index (χ2n) is 6.73. The molecule has 1 N–H and O–H groups in total. The van der Waals surface area contributed by atoms with E-state index < -0.39 is 0 Å². The van der Waals surface area contributed by atoms with E-state index in [1.54, 1.807) is 10.9 Å². The molecule has 4 rings (SSSR count). The van der Waals surface area contributed by atoms with Crippen LogP contribution < -0.4 is 5.32 Å². The predicted octanol–water partition coefficient (Wildman–Crippen LogP) is 2.53. The van der Waals surface area contributed by atoms with Crippen LogP contribution in [0.25, 0.3) is 10.9 Å². The molecule has 0 spiro atoms. The van der Waals surface area contributed by atoms with E-state index in [0.29, 0.717) is 19.8 Å². The average molecular weight is 365 g/mol. The summed E-state index contributed by atoms with van der Waals surface area (Å²) in [5.41, 5.74) is 2.07. The molecule has 0 radical (unpaired) electrons. The van der Waals surface area contributed by atoms with Crippen LogP contribution in [0.1, 0.15) is 12.0 Å². The van der Waals surface area contributed by atoms with Crippen LogP contribution in [0.3, 0.4) is 0 Å². The van der Waals surface area contributed by atoms with Gasteiger partial charge in [0.1, 0.15) is 6.54 Å². The van der Waals surface area contributed by atoms with E-state index in [4.69, 9.17) is 9.47 Å². The fourth-order valence-electron chi connectivity index (χ4n) is 3.37. The van der Waals surface area contributed by atoms with Crippen LogP contribution in [-0.4, -0.2) is 41.0 Å². The fourth-order valence-corrected chi connectivity index (χ4v) is 3.37. The van der Waals surface area contributed by atoms with Gasteiger partial charge in [-0.1, -0.05) is 48.5 Å². The summed E-state index contributed by atoms with van der Waals surface area (Å²) >= 11 is 0. The molecular formula is C21H23N3O3. The summed E-state index contributed by atoms with van der Waals surface area (Å²) in [4.78, 5) is 12.6. The van der Waals surface area contributed by atoms with Crippen molar-refractivity contribution in [1.29, 1.82) is 0 Å². The van der Waals surface area contributed by atoms with Crippen molar-refractivity contribution in [3.63, 3.8) is 0 Å². The van der Waals surface area contributed by atoms with E-state index in [0.717, 1.165) is 22.9 Å². The summed E-state index contributed by atoms with van der Waals surface area (Å²) in [6, 6.07) is 17.8. The monoisotopic (exact) mass is 365 g/mol. The molecule has 1 aliphatic heterocycles. The first-order valence-corrected chi connectivity index (χ1v) is 9.23. The molecule has 3 aromatic rings. The molecule has 27 heavy (non-hydrogen) atoms. The summed E-state index contributed by atoms with van der Waals surface area (Å²) in [5.74, 6) is -0.0901. The SMILES string of the molecule is O=C(Cn1ncc2ccccc21)N[C@@H]1COCC[C@@H]1OCc1ccccc1. The molecule has 1 amide bonds. The van der Waals surface area contributed by atoms with Crippen LogP contribution in [-0.2, 0) is 27.4 Å². The van der Waals surface area contributed by atoms with E-state index >= 15 is 0 Å². The Morgan fingerprint density at radius 2 is 2.00 bits per heavy atom. The number of nitrogens with one attached hydrogen (secondary N) is 1. The van der Waals surface area contributed by atoms with Gasteiger partial charge in [-0.15, -0.1) is 0 Å². The lowest BCUT2D eigenvalue weighted by Crippen LogP contribution is -2.51. The van der Waals surface area contributed by atoms with Gasteiger partial charge in [0.25, 0.3) is 0 Å². The summed E-state index contributed by atoms with van der Waals surface area (Å²) < 4.78 is 13.3. The van der Waals surface area contributed by atoms with Crippen LogP contribution >= 0.6 is 0 Å². The third-order valence-corrected chi connectivity index (χ3v) is 4.79. The number of carbonyl (C=O) groups is 1. The minimum atomic E-state index is -0.156. The standard InChI is InChI=1S/C21H23N3O3/c25-21(13-24-19-9-5-4-8-17(19)12-22-24)23-18-15-26-11-10-20(18)27-14-16-6-2-1-3-7-16/h1-9,12,18,20H,10-11,13-15H2,(H,23,25)/t18-,20+/m1/s1. The van der Waals surface area contributed by atoms with Crippen LogP contribution in [0.4, 0.5) is 0 Å². The summed E-state index contributed by atoms with van der Waals surface area (Å²) in [6.07, 6.45) is 2.48. The lowest BCUT2D eigenvalue weighted by Gasteiger charge is -2.32. The van der Waals surface area contributed by atoms with E-state index in [-0.39, 0.29) is 24.6 Å². The van der Waals surface area contributed by atoms with Gasteiger partial charge in [0.15, 0.2) is 0 Å². The third kappa shape index (κ3) is 4.35. The molecule has 0 aliphatic carbocycles. The highest BCUT2D eigenvalue weighted by Crippen LogP contribution is 2.15. The Morgan fingerprint density at radius 3 is 2.89 bits per heavy atom. The minimum absolute atomic E-state index is 0.0581. The number of hydrogen-bond acceptors (Lipinski definition) is 4. The number of para-hydroxylation sites is 1. The third-order valence-electron chi connectivity index (χ3n) is 4.79. The summed E-state index contributed by atoms with van der Waals surface area (Å²) in [7, 11) is 0. The number of nitrogens with zero attached hydrogens (tertiary/aromatic N) is 2. The fraction of sp³-hybridized carbons (Fsp3) is 0.333. The number of benzene rings is 2. The Labute approximate surface area is 158 Å². The maximum absolute atomic E-state index is 12.6. The zero-order chi connectivity index (χ0) is 18.5. The van der Waals surface area contributed by atoms with Gasteiger partial charge in [0.2, 0.25) is 5.91 Å². The molecular weight excluding hydrogens is 342 g/mol. The summed E-state index contributed by atoms with van der Waals surface area (Å²) in [6.45, 7) is 1.82. The van der Waals surface area contributed by atoms with Crippen molar-refractivity contribution in [2.24, 2.45) is 0 Å². The Morgan fingerprint density at radius 1 is 1.19 bits per heavy atom. The minimum Gasteiger partial charge on any atom is -0.379 e. The summed E-state index contributed by atoms with van der Waals surface area (Å²) in [5, 5.41) is 8.40. The van der Waals surface area contributed by atoms with Crippen LogP contribution in [0.15, 0.2) is 60.8 Å². The lowest BCUT2D eigenvalue weighted by atomic mass is 10.1. The van der Waals surface area contributed by atoms with Crippen LogP contribution in [0.5, 0.6) is 0 Å². The zero-order valence-electron chi connectivity index (χ0n) is 15.1. The van der Waals surface area contributed by atoms with E-state index in [1.165, 1.54) is 0 Å². The highest BCUT2D eigenvalue weighted by molar-refractivity contribution is 5.82. The molecule has 0 unspecified atom stereocenters. The van der Waals surface area contributed by atoms with Crippen molar-refractivity contribution in [3.8, 4) is 0 Å². The number of fused-ring (bicyclic) bond motifs is 1. The number of ether oxygens (including phenoxy) is 2. The number of hydrogen-bond donors (Lipinski definition) is 1. The first-order chi connectivity index (χ1) is 13.3. The van der Waals surface area contributed by atoms with Crippen molar-refractivity contribution < 1.29 is 14.3 Å². The van der Waals surface area contributed by atoms with Crippen molar-refractivity contribution in [1.82, 2.24) is 15.1 Å². The normalized spacial score (nSPS) is 19.9. The molecule has 140 valence electrons. The largest absolute Gasteiger partial charge is 0.379 e. The Bertz CT molecular complexity index is 894. The zero-order valence-corrected chi connectivity index (χ0v) is 15.1. The number of rotatable bonds is 6. The van der Waals surface area contributed by atoms with E-state index in [1.807, 2.05) is 54.6 Å². The van der Waals surface area contributed by atoms with Gasteiger partial charge in [-0.3, -0.25) is 9.48 Å². The molecule has 1 saturated heterocycles. The molecule has 2 aromatic carbocycles. The molecule has 2 atom stereocenters. The maximum Gasteiger partial charge on any atom is 0.242 e. The first-order valence-electron chi connectivity index (χ1n) is 9.23. The van der Waals surface area contributed by atoms with Crippen LogP contribution in [0.2, 0.25) is 0 Å². The second kappa shape index (κ2) is 8.33. The number of amides is 1. The molecule has 1 aromatic heterocycles. The van der Waals surface area contributed by atoms with Crippen molar-refractivity contribution in [2.75, 3.05) is 13.2 Å². The van der Waals surface area contributed by atoms with Crippen molar-refractivity contribution >= 4 is 16.8 Å². The molecule has 6 heteroatoms. The first kappa shape index (κ1) is 17.7. The van der Waals surface area contributed by atoms with Crippen molar-refractivity contribution in [2.45, 2.75) is 31.7 Å². The molecule has 2 heterocycles. The topological polar surface area (TPSA) is 65.4 Å². The van der Waals surface area contributed by atoms with Gasteiger partial charge >= 0.3 is 0 Å². The quantitative estimate of drug-likeness (QED) is 0.729. The molecule has 1 fully saturated rings. The van der Waals surface area contributed by atoms with E-state index in [2.05, 4.69) is 10.4 Å². The predicted molar refractivity (Wildman–Crippen MR) is 102 cm³/mol. The average Bonchev–Trinajstić information content (AvgIpc) is 3.11. The van der Waals surface area contributed by atoms with Gasteiger partial charge < -0.3 is 14.8 Å².